The Bertz CT molecular complexity index is 1090. The van der Waals surface area contributed by atoms with E-state index in [0.29, 0.717) is 11.8 Å². The van der Waals surface area contributed by atoms with Crippen LogP contribution >= 0.6 is 11.3 Å². The topological polar surface area (TPSA) is 55.1 Å². The third kappa shape index (κ3) is 5.36. The summed E-state index contributed by atoms with van der Waals surface area (Å²) in [6, 6.07) is 20.5. The third-order valence-corrected chi connectivity index (χ3v) is 4.68. The standard InChI is InChI=1S/C20H16N2OS.C2HF3O/c1-21-20-18(14-6-3-2-4-7-14)22-19(23-20)16-9-5-8-15(12-16)17-10-11-24-13-17;3-2(4,5)1-6/h2-13,21H,1H3;1H. The van der Waals surface area contributed by atoms with Crippen molar-refractivity contribution >= 4 is 23.5 Å². The Kier molecular flexibility index (Phi) is 6.68. The molecule has 0 unspecified atom stereocenters. The van der Waals surface area contributed by atoms with E-state index in [1.807, 2.05) is 49.5 Å². The van der Waals surface area contributed by atoms with Crippen molar-refractivity contribution < 1.29 is 22.4 Å². The van der Waals surface area contributed by atoms with E-state index < -0.39 is 12.5 Å². The predicted molar refractivity (Wildman–Crippen MR) is 112 cm³/mol. The third-order valence-electron chi connectivity index (χ3n) is 4.00. The molecule has 4 aromatic rings. The van der Waals surface area contributed by atoms with Crippen LogP contribution in [0.3, 0.4) is 0 Å². The molecule has 0 saturated carbocycles. The minimum atomic E-state index is -4.64. The molecule has 0 spiro atoms. The summed E-state index contributed by atoms with van der Waals surface area (Å²) < 4.78 is 37.2. The molecule has 0 aliphatic carbocycles. The molecule has 0 bridgehead atoms. The van der Waals surface area contributed by atoms with Gasteiger partial charge in [0.25, 0.3) is 0 Å². The van der Waals surface area contributed by atoms with Crippen molar-refractivity contribution in [3.05, 3.63) is 71.4 Å². The maximum Gasteiger partial charge on any atom is 0.446 e. The maximum absolute atomic E-state index is 10.4. The highest BCUT2D eigenvalue weighted by atomic mass is 32.1. The quantitative estimate of drug-likeness (QED) is 0.374. The van der Waals surface area contributed by atoms with Gasteiger partial charge in [-0.1, -0.05) is 42.5 Å². The highest BCUT2D eigenvalue weighted by Gasteiger charge is 2.24. The number of alkyl halides is 3. The van der Waals surface area contributed by atoms with E-state index in [2.05, 4.69) is 34.3 Å². The highest BCUT2D eigenvalue weighted by Crippen LogP contribution is 2.34. The molecule has 0 atom stereocenters. The van der Waals surface area contributed by atoms with Crippen molar-refractivity contribution in [1.82, 2.24) is 4.98 Å². The van der Waals surface area contributed by atoms with Crippen LogP contribution in [-0.4, -0.2) is 24.5 Å². The van der Waals surface area contributed by atoms with Crippen LogP contribution in [-0.2, 0) is 4.79 Å². The van der Waals surface area contributed by atoms with Gasteiger partial charge in [-0.3, -0.25) is 4.79 Å². The van der Waals surface area contributed by atoms with Crippen molar-refractivity contribution in [2.45, 2.75) is 6.18 Å². The summed E-state index contributed by atoms with van der Waals surface area (Å²) >= 11 is 1.69. The molecule has 0 fully saturated rings. The Morgan fingerprint density at radius 3 is 2.23 bits per heavy atom. The molecule has 30 heavy (non-hydrogen) atoms. The SMILES string of the molecule is CNc1oc(-c2cccc(-c3ccsc3)c2)nc1-c1ccccc1.O=CC(F)(F)F. The van der Waals surface area contributed by atoms with Crippen LogP contribution in [0.15, 0.2) is 75.8 Å². The first kappa shape index (κ1) is 21.3. The summed E-state index contributed by atoms with van der Waals surface area (Å²) in [7, 11) is 1.85. The normalized spacial score (nSPS) is 10.8. The summed E-state index contributed by atoms with van der Waals surface area (Å²) in [6.45, 7) is 0. The molecule has 2 aromatic heterocycles. The van der Waals surface area contributed by atoms with Crippen molar-refractivity contribution in [3.63, 3.8) is 0 Å². The lowest BCUT2D eigenvalue weighted by molar-refractivity contribution is -0.156. The Hall–Kier alpha value is -3.39. The molecule has 0 aliphatic rings. The summed E-state index contributed by atoms with van der Waals surface area (Å²) in [4.78, 5) is 13.4. The molecular formula is C22H17F3N2O2S. The molecule has 0 saturated heterocycles. The number of carbonyl (C=O) groups excluding carboxylic acids is 1. The van der Waals surface area contributed by atoms with Gasteiger partial charge in [-0.15, -0.1) is 0 Å². The van der Waals surface area contributed by atoms with Gasteiger partial charge in [0.05, 0.1) is 0 Å². The average Bonchev–Trinajstić information content (AvgIpc) is 3.45. The maximum atomic E-state index is 10.4. The Balaban J connectivity index is 0.000000377. The van der Waals surface area contributed by atoms with Crippen LogP contribution in [0, 0.1) is 0 Å². The second-order valence-electron chi connectivity index (χ2n) is 6.07. The molecule has 4 nitrogen and oxygen atoms in total. The van der Waals surface area contributed by atoms with Gasteiger partial charge in [0.2, 0.25) is 18.1 Å². The molecule has 154 valence electrons. The molecule has 0 aliphatic heterocycles. The van der Waals surface area contributed by atoms with E-state index in [9.17, 15) is 13.2 Å². The predicted octanol–water partition coefficient (Wildman–Crippen LogP) is 6.53. The summed E-state index contributed by atoms with van der Waals surface area (Å²) in [5, 5.41) is 7.32. The fourth-order valence-electron chi connectivity index (χ4n) is 2.67. The van der Waals surface area contributed by atoms with Gasteiger partial charge < -0.3 is 9.73 Å². The van der Waals surface area contributed by atoms with E-state index in [-0.39, 0.29) is 0 Å². The van der Waals surface area contributed by atoms with Gasteiger partial charge in [0.1, 0.15) is 5.69 Å². The number of hydrogen-bond donors (Lipinski definition) is 1. The van der Waals surface area contributed by atoms with Crippen molar-refractivity contribution in [2.75, 3.05) is 12.4 Å². The van der Waals surface area contributed by atoms with E-state index in [1.54, 1.807) is 11.3 Å². The van der Waals surface area contributed by atoms with Crippen LogP contribution in [0.4, 0.5) is 19.1 Å². The lowest BCUT2D eigenvalue weighted by Gasteiger charge is -2.00. The van der Waals surface area contributed by atoms with Crippen molar-refractivity contribution in [3.8, 4) is 33.8 Å². The summed E-state index contributed by atoms with van der Waals surface area (Å²) in [6.07, 6.45) is -5.70. The van der Waals surface area contributed by atoms with Crippen molar-refractivity contribution in [1.29, 1.82) is 0 Å². The highest BCUT2D eigenvalue weighted by molar-refractivity contribution is 7.08. The zero-order chi connectivity index (χ0) is 21.6. The second-order valence-corrected chi connectivity index (χ2v) is 6.85. The van der Waals surface area contributed by atoms with Gasteiger partial charge in [0.15, 0.2) is 0 Å². The largest absolute Gasteiger partial charge is 0.446 e. The molecule has 0 radical (unpaired) electrons. The van der Waals surface area contributed by atoms with E-state index >= 15 is 0 Å². The number of benzene rings is 2. The molecule has 4 rings (SSSR count). The van der Waals surface area contributed by atoms with Gasteiger partial charge in [-0.2, -0.15) is 24.5 Å². The number of aromatic nitrogens is 1. The smallest absolute Gasteiger partial charge is 0.420 e. The number of anilines is 1. The van der Waals surface area contributed by atoms with E-state index in [4.69, 9.17) is 14.2 Å². The van der Waals surface area contributed by atoms with Gasteiger partial charge >= 0.3 is 6.18 Å². The number of oxazole rings is 1. The molecule has 2 heterocycles. The molecule has 1 N–H and O–H groups in total. The molecule has 0 amide bonds. The number of rotatable bonds is 4. The zero-order valence-corrected chi connectivity index (χ0v) is 16.6. The Labute approximate surface area is 175 Å². The van der Waals surface area contributed by atoms with Crippen LogP contribution in [0.2, 0.25) is 0 Å². The number of nitrogens with one attached hydrogen (secondary N) is 1. The van der Waals surface area contributed by atoms with Crippen molar-refractivity contribution in [2.24, 2.45) is 0 Å². The van der Waals surface area contributed by atoms with Gasteiger partial charge in [0, 0.05) is 18.2 Å². The lowest BCUT2D eigenvalue weighted by atomic mass is 10.1. The fraction of sp³-hybridized carbons (Fsp3) is 0.0909. The first-order valence-corrected chi connectivity index (χ1v) is 9.75. The fourth-order valence-corrected chi connectivity index (χ4v) is 3.33. The van der Waals surface area contributed by atoms with E-state index in [0.717, 1.165) is 16.8 Å². The van der Waals surface area contributed by atoms with Crippen LogP contribution in [0.1, 0.15) is 0 Å². The first-order valence-electron chi connectivity index (χ1n) is 8.81. The molecule has 2 aromatic carbocycles. The summed E-state index contributed by atoms with van der Waals surface area (Å²) in [5.41, 5.74) is 5.21. The van der Waals surface area contributed by atoms with Gasteiger partial charge in [-0.05, 0) is 40.1 Å². The number of thiophene rings is 1. The monoisotopic (exact) mass is 430 g/mol. The van der Waals surface area contributed by atoms with Crippen LogP contribution < -0.4 is 5.32 Å². The summed E-state index contributed by atoms with van der Waals surface area (Å²) in [5.74, 6) is 1.30. The Morgan fingerprint density at radius 2 is 1.63 bits per heavy atom. The zero-order valence-electron chi connectivity index (χ0n) is 15.8. The van der Waals surface area contributed by atoms with Gasteiger partial charge in [-0.25, -0.2) is 4.98 Å². The second kappa shape index (κ2) is 9.41. The van der Waals surface area contributed by atoms with Crippen LogP contribution in [0.5, 0.6) is 0 Å². The number of nitrogens with zero attached hydrogens (tertiary/aromatic N) is 1. The average molecular weight is 430 g/mol. The first-order chi connectivity index (χ1) is 14.4. The number of halogens is 3. The minimum Gasteiger partial charge on any atom is -0.420 e. The minimum absolute atomic E-state index is 0.621. The lowest BCUT2D eigenvalue weighted by Crippen LogP contribution is -2.07. The number of aldehydes is 1. The van der Waals surface area contributed by atoms with E-state index in [1.165, 1.54) is 11.1 Å². The Morgan fingerprint density at radius 1 is 0.967 bits per heavy atom. The number of carbonyl (C=O) groups is 1. The molecule has 8 heteroatoms. The molecular weight excluding hydrogens is 413 g/mol. The van der Waals surface area contributed by atoms with Crippen LogP contribution in [0.25, 0.3) is 33.8 Å². The number of hydrogen-bond acceptors (Lipinski definition) is 5.